The van der Waals surface area contributed by atoms with Crippen LogP contribution in [0.3, 0.4) is 0 Å². The molecule has 4 heterocycles. The minimum Gasteiger partial charge on any atom is -0.477 e. The summed E-state index contributed by atoms with van der Waals surface area (Å²) in [5, 5.41) is 9.03. The monoisotopic (exact) mass is 479 g/mol. The van der Waals surface area contributed by atoms with Crippen molar-refractivity contribution in [1.82, 2.24) is 9.47 Å². The van der Waals surface area contributed by atoms with Crippen molar-refractivity contribution in [3.63, 3.8) is 0 Å². The Bertz CT molecular complexity index is 1420. The van der Waals surface area contributed by atoms with Crippen molar-refractivity contribution < 1.29 is 27.5 Å². The average Bonchev–Trinajstić information content (AvgIpc) is 3.06. The van der Waals surface area contributed by atoms with Gasteiger partial charge in [0.05, 0.1) is 27.8 Å². The number of halogens is 2. The second-order valence-electron chi connectivity index (χ2n) is 8.02. The van der Waals surface area contributed by atoms with E-state index in [2.05, 4.69) is 0 Å². The van der Waals surface area contributed by atoms with E-state index in [-0.39, 0.29) is 27.0 Å². The lowest BCUT2D eigenvalue weighted by atomic mass is 10.1. The number of piperazine rings is 1. The van der Waals surface area contributed by atoms with Crippen LogP contribution in [0.15, 0.2) is 29.5 Å². The van der Waals surface area contributed by atoms with Crippen LogP contribution < -0.4 is 16.2 Å². The number of aromatic carboxylic acids is 1. The smallest absolute Gasteiger partial charge is 0.477 e. The average molecular weight is 479 g/mol. The third kappa shape index (κ3) is 3.35. The Morgan fingerprint density at radius 2 is 1.91 bits per heavy atom. The van der Waals surface area contributed by atoms with Crippen LogP contribution in [0.4, 0.5) is 14.5 Å². The highest BCUT2D eigenvalue weighted by Gasteiger charge is 2.36. The minimum atomic E-state index is -1.42. The van der Waals surface area contributed by atoms with Gasteiger partial charge in [-0.05, 0) is 19.9 Å². The molecule has 2 aliphatic rings. The van der Waals surface area contributed by atoms with E-state index < -0.39 is 34.4 Å². The summed E-state index contributed by atoms with van der Waals surface area (Å²) >= 11 is 1.16. The maximum absolute atomic E-state index is 15.7. The van der Waals surface area contributed by atoms with E-state index in [9.17, 15) is 19.5 Å². The summed E-state index contributed by atoms with van der Waals surface area (Å²) in [7, 11) is 0. The molecular formula is C21H19F2N3O6S. The van der Waals surface area contributed by atoms with Gasteiger partial charge in [0.15, 0.2) is 11.6 Å². The molecule has 0 amide bonds. The third-order valence-corrected chi connectivity index (χ3v) is 7.24. The molecular weight excluding hydrogens is 460 g/mol. The van der Waals surface area contributed by atoms with E-state index >= 15 is 8.78 Å². The van der Waals surface area contributed by atoms with E-state index in [0.29, 0.717) is 44.2 Å². The molecule has 1 unspecified atom stereocenters. The van der Waals surface area contributed by atoms with Gasteiger partial charge < -0.3 is 23.4 Å². The van der Waals surface area contributed by atoms with Gasteiger partial charge in [0.25, 0.3) is 0 Å². The van der Waals surface area contributed by atoms with Crippen molar-refractivity contribution in [2.45, 2.75) is 30.8 Å². The lowest BCUT2D eigenvalue weighted by Gasteiger charge is -2.37. The predicted molar refractivity (Wildman–Crippen MR) is 115 cm³/mol. The van der Waals surface area contributed by atoms with Crippen molar-refractivity contribution in [2.75, 3.05) is 31.1 Å². The number of thioether (sulfide) groups is 1. The Kier molecular flexibility index (Phi) is 5.09. The third-order valence-electron chi connectivity index (χ3n) is 6.06. The molecule has 0 saturated carbocycles. The van der Waals surface area contributed by atoms with Gasteiger partial charge in [-0.3, -0.25) is 9.69 Å². The van der Waals surface area contributed by atoms with Gasteiger partial charge in [0.2, 0.25) is 5.43 Å². The fourth-order valence-corrected chi connectivity index (χ4v) is 5.56. The molecule has 0 aliphatic carbocycles. The number of anilines is 1. The molecule has 1 fully saturated rings. The molecule has 174 valence electrons. The second-order valence-corrected chi connectivity index (χ2v) is 9.32. The highest BCUT2D eigenvalue weighted by Crippen LogP contribution is 2.47. The number of benzene rings is 1. The summed E-state index contributed by atoms with van der Waals surface area (Å²) < 4.78 is 42.1. The number of carboxylic acids is 1. The lowest BCUT2D eigenvalue weighted by Crippen LogP contribution is -2.46. The van der Waals surface area contributed by atoms with Crippen LogP contribution in [0.1, 0.15) is 34.2 Å². The molecule has 2 aromatic heterocycles. The quantitative estimate of drug-likeness (QED) is 0.604. The number of pyridine rings is 1. The molecule has 0 spiro atoms. The molecule has 1 saturated heterocycles. The molecule has 12 heteroatoms. The van der Waals surface area contributed by atoms with Gasteiger partial charge in [0, 0.05) is 26.2 Å². The Hall–Kier alpha value is -3.12. The number of fused-ring (bicyclic) bond motifs is 3. The topological polar surface area (TPSA) is 109 Å². The van der Waals surface area contributed by atoms with E-state index in [1.54, 1.807) is 18.7 Å². The van der Waals surface area contributed by atoms with E-state index in [1.807, 2.05) is 4.90 Å². The Morgan fingerprint density at radius 3 is 2.48 bits per heavy atom. The summed E-state index contributed by atoms with van der Waals surface area (Å²) in [5.41, 5.74) is -1.68. The van der Waals surface area contributed by atoms with Crippen LogP contribution in [-0.2, 0) is 6.54 Å². The van der Waals surface area contributed by atoms with E-state index in [1.165, 1.54) is 4.57 Å². The number of aromatic nitrogens is 1. The minimum absolute atomic E-state index is 0.0825. The van der Waals surface area contributed by atoms with Crippen molar-refractivity contribution in [1.29, 1.82) is 0 Å². The number of hydrogen-bond donors (Lipinski definition) is 1. The molecule has 1 N–H and O–H groups in total. The van der Waals surface area contributed by atoms with Gasteiger partial charge in [0.1, 0.15) is 22.8 Å². The van der Waals surface area contributed by atoms with Crippen LogP contribution in [0, 0.1) is 18.6 Å². The number of hydrogen-bond acceptors (Lipinski definition) is 8. The summed E-state index contributed by atoms with van der Waals surface area (Å²) in [6, 6.07) is 0.932. The number of rotatable bonds is 4. The zero-order valence-corrected chi connectivity index (χ0v) is 18.5. The molecule has 5 rings (SSSR count). The van der Waals surface area contributed by atoms with Crippen molar-refractivity contribution in [3.05, 3.63) is 55.6 Å². The van der Waals surface area contributed by atoms with Crippen molar-refractivity contribution in [2.24, 2.45) is 0 Å². The van der Waals surface area contributed by atoms with Crippen molar-refractivity contribution in [3.8, 4) is 0 Å². The highest BCUT2D eigenvalue weighted by molar-refractivity contribution is 8.00. The van der Waals surface area contributed by atoms with Gasteiger partial charge in [-0.15, -0.1) is 0 Å². The molecule has 9 nitrogen and oxygen atoms in total. The van der Waals surface area contributed by atoms with Crippen LogP contribution in [-0.4, -0.2) is 46.7 Å². The van der Waals surface area contributed by atoms with Crippen LogP contribution in [0.25, 0.3) is 10.9 Å². The number of carbonyl (C=O) groups is 1. The lowest BCUT2D eigenvalue weighted by molar-refractivity contribution is 0.0689. The van der Waals surface area contributed by atoms with Gasteiger partial charge in [-0.25, -0.2) is 18.4 Å². The first-order chi connectivity index (χ1) is 15.7. The Labute approximate surface area is 189 Å². The van der Waals surface area contributed by atoms with Crippen LogP contribution in [0.2, 0.25) is 0 Å². The molecule has 3 aromatic rings. The van der Waals surface area contributed by atoms with Gasteiger partial charge in [-0.2, -0.15) is 0 Å². The molecule has 33 heavy (non-hydrogen) atoms. The number of nitrogens with zero attached hydrogens (tertiary/aromatic N) is 3. The molecule has 0 bridgehead atoms. The normalized spacial score (nSPS) is 18.4. The summed E-state index contributed by atoms with van der Waals surface area (Å²) in [4.78, 5) is 39.1. The SMILES string of the molecule is Cc1oc(=O)oc1CN1CCN(c2c(F)cc3c(=O)c(C(=O)O)c4n(c3c2F)C(C)S4)CC1. The summed E-state index contributed by atoms with van der Waals surface area (Å²) in [5.74, 6) is -3.18. The molecule has 1 aromatic carbocycles. The Morgan fingerprint density at radius 1 is 1.21 bits per heavy atom. The number of aryl methyl sites for hydroxylation is 1. The second kappa shape index (κ2) is 7.73. The molecule has 2 aliphatic heterocycles. The fraction of sp³-hybridized carbons (Fsp3) is 0.381. The van der Waals surface area contributed by atoms with Gasteiger partial charge >= 0.3 is 11.8 Å². The zero-order chi connectivity index (χ0) is 23.6. The highest BCUT2D eigenvalue weighted by atomic mass is 32.2. The summed E-state index contributed by atoms with van der Waals surface area (Å²) in [6.07, 6.45) is 0. The summed E-state index contributed by atoms with van der Waals surface area (Å²) in [6.45, 7) is 5.22. The predicted octanol–water partition coefficient (Wildman–Crippen LogP) is 2.78. The van der Waals surface area contributed by atoms with E-state index in [0.717, 1.165) is 17.8 Å². The standard InChI is InChI=1S/C21H19F2N3O6S/c1-9-13(32-21(30)31-9)8-24-3-5-25(6-4-24)17-12(22)7-11-16(15(17)23)26-10(2)33-19(26)14(18(11)27)20(28)29/h7,10H,3-6,8H2,1-2H3,(H,28,29). The maximum Gasteiger partial charge on any atom is 0.519 e. The van der Waals surface area contributed by atoms with Crippen LogP contribution >= 0.6 is 11.8 Å². The first kappa shape index (κ1) is 21.7. The van der Waals surface area contributed by atoms with Gasteiger partial charge in [-0.1, -0.05) is 11.8 Å². The largest absolute Gasteiger partial charge is 0.519 e. The fourth-order valence-electron chi connectivity index (χ4n) is 4.42. The number of carboxylic acid groups (broad SMARTS) is 1. The first-order valence-electron chi connectivity index (χ1n) is 10.2. The zero-order valence-electron chi connectivity index (χ0n) is 17.7. The molecule has 1 atom stereocenters. The van der Waals surface area contributed by atoms with E-state index in [4.69, 9.17) is 8.83 Å². The van der Waals surface area contributed by atoms with Crippen LogP contribution in [0.5, 0.6) is 0 Å². The molecule has 0 radical (unpaired) electrons. The van der Waals surface area contributed by atoms with Crippen molar-refractivity contribution >= 4 is 34.3 Å². The Balaban J connectivity index is 1.49. The maximum atomic E-state index is 15.7. The first-order valence-corrected chi connectivity index (χ1v) is 11.1.